The molecule has 2 atom stereocenters. The topological polar surface area (TPSA) is 90.9 Å². The predicted molar refractivity (Wildman–Crippen MR) is 372 cm³/mol. The smallest absolute Gasteiger partial charge is 0.423 e. The fraction of sp³-hybridized carbons (Fsp3) is 0.229. The molecule has 6 aromatic carbocycles. The Balaban J connectivity index is 0.000000152. The maximum atomic E-state index is 11.7. The molecule has 0 aliphatic heterocycles. The number of nitrogens with zero attached hydrogens (tertiary/aromatic N) is 4. The average Bonchev–Trinajstić information content (AvgIpc) is 1.92. The summed E-state index contributed by atoms with van der Waals surface area (Å²) in [6, 6.07) is 66.1. The van der Waals surface area contributed by atoms with Gasteiger partial charge in [-0.3, -0.25) is 9.59 Å². The van der Waals surface area contributed by atoms with E-state index in [0.717, 1.165) is 75.5 Å². The second kappa shape index (κ2) is 29.0. The number of rotatable bonds is 22. The van der Waals surface area contributed by atoms with Crippen LogP contribution in [0, 0.1) is 14.7 Å². The number of hydrogen-bond donors (Lipinski definition) is 2. The molecule has 0 aliphatic carbocycles. The van der Waals surface area contributed by atoms with Crippen LogP contribution in [-0.2, 0) is 13.1 Å². The van der Waals surface area contributed by atoms with Crippen molar-refractivity contribution in [1.82, 2.24) is 9.13 Å². The molecule has 0 fully saturated rings. The summed E-state index contributed by atoms with van der Waals surface area (Å²) in [5.41, 5.74) is 13.3. The van der Waals surface area contributed by atoms with Crippen LogP contribution in [0.1, 0.15) is 98.4 Å². The van der Waals surface area contributed by atoms with Gasteiger partial charge in [0.05, 0.1) is 53.5 Å². The van der Waals surface area contributed by atoms with Gasteiger partial charge in [0, 0.05) is 52.1 Å². The van der Waals surface area contributed by atoms with Gasteiger partial charge in [-0.1, -0.05) is 163 Å². The van der Waals surface area contributed by atoms with Crippen molar-refractivity contribution in [3.63, 3.8) is 0 Å². The summed E-state index contributed by atoms with van der Waals surface area (Å²) in [5, 5.41) is 18.5. The molecule has 14 heteroatoms. The summed E-state index contributed by atoms with van der Waals surface area (Å²) in [4.78, 5) is 30.1. The first kappa shape index (κ1) is 60.5. The Morgan fingerprint density at radius 2 is 0.821 bits per heavy atom. The number of thiophene rings is 4. The minimum atomic E-state index is -1.45. The van der Waals surface area contributed by atoms with E-state index in [1.807, 2.05) is 95.5 Å². The normalized spacial score (nSPS) is 12.0. The Morgan fingerprint density at radius 1 is 0.464 bits per heavy atom. The van der Waals surface area contributed by atoms with Crippen molar-refractivity contribution in [1.29, 1.82) is 0 Å². The molecule has 84 heavy (non-hydrogen) atoms. The van der Waals surface area contributed by atoms with Gasteiger partial charge < -0.3 is 29.0 Å². The number of benzene rings is 6. The highest BCUT2D eigenvalue weighted by Gasteiger charge is 2.23. The molecule has 6 aromatic heterocycles. The number of carbonyl (C=O) groups is 2. The van der Waals surface area contributed by atoms with Gasteiger partial charge in [0.25, 0.3) is 0 Å². The maximum absolute atomic E-state index is 11.7. The molecular weight excluding hydrogens is 1230 g/mol. The van der Waals surface area contributed by atoms with E-state index in [0.29, 0.717) is 11.4 Å². The highest BCUT2D eigenvalue weighted by molar-refractivity contribution is 14.1. The first-order chi connectivity index (χ1) is 41.1. The molecule has 0 bridgehead atoms. The van der Waals surface area contributed by atoms with Gasteiger partial charge in [-0.15, -0.1) is 45.3 Å². The molecule has 0 saturated heterocycles. The van der Waals surface area contributed by atoms with Crippen molar-refractivity contribution in [2.24, 2.45) is 11.8 Å². The number of para-hydroxylation sites is 4. The first-order valence-corrected chi connectivity index (χ1v) is 33.5. The number of halogens is 1. The molecule has 12 aromatic rings. The van der Waals surface area contributed by atoms with Crippen LogP contribution >= 0.6 is 67.9 Å². The summed E-state index contributed by atoms with van der Waals surface area (Å²) in [7, 11) is -1.45. The molecule has 2 unspecified atom stereocenters. The zero-order chi connectivity index (χ0) is 58.5. The molecule has 0 saturated carbocycles. The molecule has 12 rings (SSSR count). The Kier molecular flexibility index (Phi) is 20.9. The Labute approximate surface area is 523 Å². The lowest BCUT2D eigenvalue weighted by Gasteiger charge is -2.25. The van der Waals surface area contributed by atoms with Gasteiger partial charge in [-0.25, -0.2) is 0 Å². The first-order valence-electron chi connectivity index (χ1n) is 29.2. The Morgan fingerprint density at radius 3 is 1.20 bits per heavy atom. The van der Waals surface area contributed by atoms with Gasteiger partial charge in [0.1, 0.15) is 0 Å². The van der Waals surface area contributed by atoms with E-state index in [-0.39, 0.29) is 0 Å². The number of anilines is 6. The molecule has 0 aliphatic rings. The second-order valence-electron chi connectivity index (χ2n) is 21.1. The maximum Gasteiger partial charge on any atom is 0.488 e. The third-order valence-electron chi connectivity index (χ3n) is 15.6. The third-order valence-corrected chi connectivity index (χ3v) is 21.0. The van der Waals surface area contributed by atoms with Gasteiger partial charge in [0.2, 0.25) is 0 Å². The monoisotopic (exact) mass is 1300 g/mol. The number of hydrogen-bond acceptors (Lipinski definition) is 10. The number of aldehydes is 2. The van der Waals surface area contributed by atoms with Crippen LogP contribution in [0.5, 0.6) is 0 Å². The fourth-order valence-corrected chi connectivity index (χ4v) is 16.3. The van der Waals surface area contributed by atoms with Crippen LogP contribution in [0.4, 0.5) is 34.1 Å². The van der Waals surface area contributed by atoms with Gasteiger partial charge in [-0.2, -0.15) is 0 Å². The van der Waals surface area contributed by atoms with E-state index in [9.17, 15) is 19.6 Å². The summed E-state index contributed by atoms with van der Waals surface area (Å²) < 4.78 is 11.4. The number of aromatic nitrogens is 2. The zero-order valence-electron chi connectivity index (χ0n) is 47.9. The molecule has 428 valence electrons. The standard InChI is InChI=1S/C35H34N2OS2.C18H16BNO2.C17H20INOS2/c1-3-5-12-25(4-2)23-36-31-21-30(24-38)39-34(31)35-32(36)22-33(40-35)26-17-19-29(20-18-26)37(27-13-8-6-9-14-27)28-15-10-7-11-16-28;21-19(22)15-11-13-18(14-12-15)20(16-7-3-1-4-8-16)17-9-5-2-6-10-17;1-3-5-6-11(4-2)9-19-13-7-12(10-20)21-16(13)17-14(19)8-15(18)22-17/h6-11,13-22,24-25H,3-5,12,23H2,1-2H3;1-14,21-22H;7-8,10-11H,3-6,9H2,1-2H3. The van der Waals surface area contributed by atoms with Gasteiger partial charge >= 0.3 is 7.12 Å². The average molecular weight is 1300 g/mol. The number of fused-ring (bicyclic) bond motifs is 6. The minimum Gasteiger partial charge on any atom is -0.423 e. The van der Waals surface area contributed by atoms with Crippen molar-refractivity contribution < 1.29 is 19.6 Å². The van der Waals surface area contributed by atoms with Gasteiger partial charge in [-0.05, 0) is 155 Å². The second-order valence-corrected chi connectivity index (χ2v) is 27.3. The van der Waals surface area contributed by atoms with E-state index in [2.05, 4.69) is 178 Å². The Hall–Kier alpha value is -6.63. The van der Waals surface area contributed by atoms with Crippen molar-refractivity contribution in [2.75, 3.05) is 9.80 Å². The van der Waals surface area contributed by atoms with Crippen molar-refractivity contribution in [2.45, 2.75) is 92.2 Å². The molecule has 0 radical (unpaired) electrons. The van der Waals surface area contributed by atoms with E-state index < -0.39 is 7.12 Å². The highest BCUT2D eigenvalue weighted by atomic mass is 127. The summed E-state index contributed by atoms with van der Waals surface area (Å²) in [6.45, 7) is 11.2. The van der Waals surface area contributed by atoms with Crippen LogP contribution < -0.4 is 15.3 Å². The highest BCUT2D eigenvalue weighted by Crippen LogP contribution is 2.45. The quantitative estimate of drug-likeness (QED) is 0.0399. The van der Waals surface area contributed by atoms with Crippen LogP contribution in [0.25, 0.3) is 51.3 Å². The zero-order valence-corrected chi connectivity index (χ0v) is 53.4. The molecule has 2 N–H and O–H groups in total. The SMILES string of the molecule is CCCCC(CC)Cn1c2cc(C=O)sc2c2sc(-c3ccc(N(c4ccccc4)c4ccccc4)cc3)cc21.CCCCC(CC)Cn1c2cc(I)sc2c2sc(C=O)cc21.OB(O)c1ccc(N(c2ccccc2)c2ccccc2)cc1. The van der Waals surface area contributed by atoms with Crippen molar-refractivity contribution in [3.05, 3.63) is 207 Å². The van der Waals surface area contributed by atoms with Crippen LogP contribution in [0.2, 0.25) is 0 Å². The lowest BCUT2D eigenvalue weighted by Crippen LogP contribution is -2.29. The van der Waals surface area contributed by atoms with Gasteiger partial charge in [0.15, 0.2) is 12.6 Å². The van der Waals surface area contributed by atoms with Crippen LogP contribution in [0.15, 0.2) is 194 Å². The van der Waals surface area contributed by atoms with E-state index >= 15 is 0 Å². The fourth-order valence-electron chi connectivity index (χ4n) is 11.0. The Bertz CT molecular complexity index is 3940. The molecular formula is C70H70BIN4O4S4. The molecule has 6 heterocycles. The lowest BCUT2D eigenvalue weighted by atomic mass is 9.80. The van der Waals surface area contributed by atoms with Crippen molar-refractivity contribution >= 4 is 168 Å². The molecule has 8 nitrogen and oxygen atoms in total. The van der Waals surface area contributed by atoms with Crippen LogP contribution in [0.3, 0.4) is 0 Å². The summed E-state index contributed by atoms with van der Waals surface area (Å²) in [5.74, 6) is 1.36. The molecule has 0 spiro atoms. The summed E-state index contributed by atoms with van der Waals surface area (Å²) in [6.07, 6.45) is 12.0. The minimum absolute atomic E-state index is 0.477. The van der Waals surface area contributed by atoms with Crippen molar-refractivity contribution in [3.8, 4) is 10.4 Å². The lowest BCUT2D eigenvalue weighted by molar-refractivity contribution is 0.111. The predicted octanol–water partition coefficient (Wildman–Crippen LogP) is 20.5. The largest absolute Gasteiger partial charge is 0.488 e. The number of unbranched alkanes of at least 4 members (excludes halogenated alkanes) is 2. The molecule has 0 amide bonds. The van der Waals surface area contributed by atoms with E-state index in [1.165, 1.54) is 106 Å². The van der Waals surface area contributed by atoms with Crippen LogP contribution in [-0.4, -0.2) is 38.9 Å². The number of carbonyl (C=O) groups excluding carboxylic acids is 2. The summed E-state index contributed by atoms with van der Waals surface area (Å²) >= 11 is 9.34. The van der Waals surface area contributed by atoms with E-state index in [1.54, 1.807) is 34.8 Å². The third kappa shape index (κ3) is 13.9. The van der Waals surface area contributed by atoms with E-state index in [4.69, 9.17) is 0 Å².